The second-order valence-electron chi connectivity index (χ2n) is 6.60. The summed E-state index contributed by atoms with van der Waals surface area (Å²) in [7, 11) is -4.69. The molecule has 0 fully saturated rings. The van der Waals surface area contributed by atoms with Crippen LogP contribution in [0.2, 0.25) is 0 Å². The van der Waals surface area contributed by atoms with Gasteiger partial charge in [-0.05, 0) is 54.4 Å². The largest absolute Gasteiger partial charge is 0.457 e. The minimum absolute atomic E-state index is 0.142. The molecule has 9 heteroatoms. The number of aromatic nitrogens is 1. The van der Waals surface area contributed by atoms with Crippen LogP contribution in [0.1, 0.15) is 11.1 Å². The molecular weight excluding hydrogens is 417 g/mol. The van der Waals surface area contributed by atoms with Crippen LogP contribution in [-0.4, -0.2) is 25.3 Å². The van der Waals surface area contributed by atoms with Crippen LogP contribution in [0, 0.1) is 6.92 Å². The number of alkyl halides is 3. The van der Waals surface area contributed by atoms with Crippen LogP contribution in [0.15, 0.2) is 73.1 Å². The molecule has 1 heterocycles. The molecular formula is C21H19F3N2O3S. The van der Waals surface area contributed by atoms with E-state index >= 15 is 0 Å². The number of aryl methyl sites for hydroxylation is 1. The molecule has 0 amide bonds. The number of hydrogen-bond donors (Lipinski definition) is 0. The highest BCUT2D eigenvalue weighted by Gasteiger charge is 2.39. The molecule has 0 spiro atoms. The fraction of sp³-hybridized carbons (Fsp3) is 0.190. The normalized spacial score (nSPS) is 11.9. The Labute approximate surface area is 172 Å². The molecule has 0 aliphatic carbocycles. The van der Waals surface area contributed by atoms with Crippen LogP contribution in [0.4, 0.5) is 18.9 Å². The second-order valence-corrected chi connectivity index (χ2v) is 8.50. The van der Waals surface area contributed by atoms with Gasteiger partial charge in [0.1, 0.15) is 11.5 Å². The van der Waals surface area contributed by atoms with Gasteiger partial charge in [-0.25, -0.2) is 8.42 Å². The number of pyridine rings is 1. The highest BCUT2D eigenvalue weighted by molar-refractivity contribution is 7.92. The first-order chi connectivity index (χ1) is 14.1. The average Bonchev–Trinajstić information content (AvgIpc) is 2.66. The monoisotopic (exact) mass is 436 g/mol. The van der Waals surface area contributed by atoms with Gasteiger partial charge in [-0.2, -0.15) is 13.2 Å². The Morgan fingerprint density at radius 3 is 2.33 bits per heavy atom. The summed E-state index contributed by atoms with van der Waals surface area (Å²) in [4.78, 5) is 3.91. The Balaban J connectivity index is 1.96. The van der Waals surface area contributed by atoms with Crippen molar-refractivity contribution >= 4 is 15.7 Å². The summed E-state index contributed by atoms with van der Waals surface area (Å²) in [5.74, 6) is -0.930. The van der Waals surface area contributed by atoms with Crippen molar-refractivity contribution in [2.75, 3.05) is 10.1 Å². The van der Waals surface area contributed by atoms with Gasteiger partial charge in [0.25, 0.3) is 0 Å². The lowest BCUT2D eigenvalue weighted by Gasteiger charge is -2.27. The maximum absolute atomic E-state index is 12.9. The molecule has 30 heavy (non-hydrogen) atoms. The van der Waals surface area contributed by atoms with E-state index in [0.29, 0.717) is 22.6 Å². The number of halogens is 3. The van der Waals surface area contributed by atoms with E-state index in [2.05, 4.69) is 4.98 Å². The van der Waals surface area contributed by atoms with Gasteiger partial charge in [-0.15, -0.1) is 0 Å². The van der Waals surface area contributed by atoms with Crippen molar-refractivity contribution in [1.29, 1.82) is 0 Å². The number of para-hydroxylation sites is 1. The SMILES string of the molecule is Cc1cc(Oc2ccccc2)ccc1N(Cc1cccnc1)S(=O)(=O)CC(F)(F)F. The molecule has 0 aliphatic rings. The predicted molar refractivity (Wildman–Crippen MR) is 108 cm³/mol. The fourth-order valence-electron chi connectivity index (χ4n) is 2.87. The molecule has 0 N–H and O–H groups in total. The summed E-state index contributed by atoms with van der Waals surface area (Å²) >= 11 is 0. The van der Waals surface area contributed by atoms with Gasteiger partial charge in [-0.1, -0.05) is 24.3 Å². The zero-order chi connectivity index (χ0) is 21.8. The van der Waals surface area contributed by atoms with Gasteiger partial charge in [0, 0.05) is 12.4 Å². The van der Waals surface area contributed by atoms with Gasteiger partial charge in [-0.3, -0.25) is 9.29 Å². The van der Waals surface area contributed by atoms with Crippen molar-refractivity contribution in [3.05, 3.63) is 84.2 Å². The topological polar surface area (TPSA) is 59.5 Å². The third-order valence-electron chi connectivity index (χ3n) is 4.15. The van der Waals surface area contributed by atoms with Crippen LogP contribution < -0.4 is 9.04 Å². The van der Waals surface area contributed by atoms with Gasteiger partial charge in [0.05, 0.1) is 12.2 Å². The molecule has 5 nitrogen and oxygen atoms in total. The van der Waals surface area contributed by atoms with Crippen LogP contribution in [-0.2, 0) is 16.6 Å². The third-order valence-corrected chi connectivity index (χ3v) is 5.84. The smallest absolute Gasteiger partial charge is 0.404 e. The molecule has 3 rings (SSSR count). The maximum Gasteiger partial charge on any atom is 0.404 e. The first kappa shape index (κ1) is 21.6. The molecule has 0 radical (unpaired) electrons. The van der Waals surface area contributed by atoms with E-state index < -0.39 is 22.0 Å². The van der Waals surface area contributed by atoms with Crippen molar-refractivity contribution in [3.8, 4) is 11.5 Å². The summed E-state index contributed by atoms with van der Waals surface area (Å²) in [5.41, 5.74) is 1.06. The zero-order valence-corrected chi connectivity index (χ0v) is 16.8. The Hall–Kier alpha value is -3.07. The van der Waals surface area contributed by atoms with Crippen molar-refractivity contribution < 1.29 is 26.3 Å². The molecule has 0 bridgehead atoms. The minimum atomic E-state index is -4.86. The van der Waals surface area contributed by atoms with E-state index in [1.807, 2.05) is 6.07 Å². The number of anilines is 1. The third kappa shape index (κ3) is 5.73. The van der Waals surface area contributed by atoms with Crippen molar-refractivity contribution in [2.24, 2.45) is 0 Å². The summed E-state index contributed by atoms with van der Waals surface area (Å²) in [6.07, 6.45) is -1.95. The van der Waals surface area contributed by atoms with Gasteiger partial charge in [0.15, 0.2) is 5.75 Å². The number of sulfonamides is 1. The van der Waals surface area contributed by atoms with E-state index in [9.17, 15) is 21.6 Å². The zero-order valence-electron chi connectivity index (χ0n) is 16.0. The predicted octanol–water partition coefficient (Wildman–Crippen LogP) is 5.08. The maximum atomic E-state index is 12.9. The average molecular weight is 436 g/mol. The van der Waals surface area contributed by atoms with Crippen molar-refractivity contribution in [2.45, 2.75) is 19.6 Å². The molecule has 0 atom stereocenters. The Morgan fingerprint density at radius 2 is 1.73 bits per heavy atom. The summed E-state index contributed by atoms with van der Waals surface area (Å²) in [6, 6.07) is 16.7. The van der Waals surface area contributed by atoms with Gasteiger partial charge < -0.3 is 4.74 Å². The van der Waals surface area contributed by atoms with Crippen LogP contribution in [0.5, 0.6) is 11.5 Å². The Bertz CT molecular complexity index is 1090. The first-order valence-corrected chi connectivity index (χ1v) is 10.5. The Kier molecular flexibility index (Phi) is 6.31. The standard InChI is InChI=1S/C21H19F3N2O3S/c1-16-12-19(29-18-7-3-2-4-8-18)9-10-20(16)26(14-17-6-5-11-25-13-17)30(27,28)15-21(22,23)24/h2-13H,14-15H2,1H3. The highest BCUT2D eigenvalue weighted by Crippen LogP contribution is 2.32. The van der Waals surface area contributed by atoms with E-state index in [1.54, 1.807) is 49.4 Å². The first-order valence-electron chi connectivity index (χ1n) is 8.94. The van der Waals surface area contributed by atoms with Crippen molar-refractivity contribution in [3.63, 3.8) is 0 Å². The van der Waals surface area contributed by atoms with E-state index in [4.69, 9.17) is 4.74 Å². The number of nitrogens with zero attached hydrogens (tertiary/aromatic N) is 2. The van der Waals surface area contributed by atoms with Crippen LogP contribution in [0.25, 0.3) is 0 Å². The number of rotatable bonds is 7. The molecule has 1 aromatic heterocycles. The quantitative estimate of drug-likeness (QED) is 0.518. The molecule has 2 aromatic carbocycles. The summed E-state index contributed by atoms with van der Waals surface area (Å²) < 4.78 is 70.6. The van der Waals surface area contributed by atoms with E-state index in [1.165, 1.54) is 24.5 Å². The second kappa shape index (κ2) is 8.74. The molecule has 0 unspecified atom stereocenters. The lowest BCUT2D eigenvalue weighted by Crippen LogP contribution is -2.38. The lowest BCUT2D eigenvalue weighted by atomic mass is 10.1. The minimum Gasteiger partial charge on any atom is -0.457 e. The molecule has 3 aromatic rings. The Morgan fingerprint density at radius 1 is 1.00 bits per heavy atom. The molecule has 0 saturated heterocycles. The highest BCUT2D eigenvalue weighted by atomic mass is 32.2. The van der Waals surface area contributed by atoms with Gasteiger partial charge in [0.2, 0.25) is 10.0 Å². The summed E-state index contributed by atoms with van der Waals surface area (Å²) in [6.45, 7) is 1.35. The van der Waals surface area contributed by atoms with Crippen LogP contribution in [0.3, 0.4) is 0 Å². The summed E-state index contributed by atoms with van der Waals surface area (Å²) in [5, 5.41) is 0. The lowest BCUT2D eigenvalue weighted by molar-refractivity contribution is -0.106. The van der Waals surface area contributed by atoms with E-state index in [0.717, 1.165) is 4.31 Å². The fourth-order valence-corrected chi connectivity index (χ4v) is 4.29. The van der Waals surface area contributed by atoms with E-state index in [-0.39, 0.29) is 12.2 Å². The number of ether oxygens (including phenoxy) is 1. The number of benzene rings is 2. The van der Waals surface area contributed by atoms with Gasteiger partial charge >= 0.3 is 6.18 Å². The molecule has 0 saturated carbocycles. The number of hydrogen-bond acceptors (Lipinski definition) is 4. The molecule has 158 valence electrons. The van der Waals surface area contributed by atoms with Crippen molar-refractivity contribution in [1.82, 2.24) is 4.98 Å². The van der Waals surface area contributed by atoms with Crippen LogP contribution >= 0.6 is 0 Å². The molecule has 0 aliphatic heterocycles.